The summed E-state index contributed by atoms with van der Waals surface area (Å²) in [6, 6.07) is 0. The van der Waals surface area contributed by atoms with Crippen LogP contribution in [0.1, 0.15) is 59.8 Å². The molecule has 0 radical (unpaired) electrons. The van der Waals surface area contributed by atoms with Gasteiger partial charge in [-0.15, -0.1) is 0 Å². The lowest BCUT2D eigenvalue weighted by Crippen LogP contribution is -2.32. The molecule has 1 saturated carbocycles. The first kappa shape index (κ1) is 17.0. The lowest BCUT2D eigenvalue weighted by molar-refractivity contribution is 0.358. The molecular formula is C15H31NO2S. The highest BCUT2D eigenvalue weighted by atomic mass is 32.2. The maximum Gasteiger partial charge on any atom is 0.155 e. The van der Waals surface area contributed by atoms with Crippen LogP contribution in [0.3, 0.4) is 0 Å². The van der Waals surface area contributed by atoms with Crippen LogP contribution in [0.4, 0.5) is 0 Å². The van der Waals surface area contributed by atoms with E-state index in [0.717, 1.165) is 25.9 Å². The van der Waals surface area contributed by atoms with Gasteiger partial charge in [0.05, 0.1) is 10.5 Å². The van der Waals surface area contributed by atoms with Crippen molar-refractivity contribution in [3.05, 3.63) is 0 Å². The molecule has 0 spiro atoms. The lowest BCUT2D eigenvalue weighted by Gasteiger charge is -2.23. The average Bonchev–Trinajstić information content (AvgIpc) is 2.73. The van der Waals surface area contributed by atoms with Crippen molar-refractivity contribution in [2.45, 2.75) is 64.5 Å². The first-order valence-electron chi connectivity index (χ1n) is 7.71. The van der Waals surface area contributed by atoms with Crippen molar-refractivity contribution in [3.8, 4) is 0 Å². The van der Waals surface area contributed by atoms with Crippen LogP contribution in [0.5, 0.6) is 0 Å². The van der Waals surface area contributed by atoms with E-state index >= 15 is 0 Å². The van der Waals surface area contributed by atoms with E-state index in [4.69, 9.17) is 0 Å². The Morgan fingerprint density at radius 2 is 1.79 bits per heavy atom. The minimum absolute atomic E-state index is 0.353. The van der Waals surface area contributed by atoms with E-state index in [0.29, 0.717) is 17.6 Å². The van der Waals surface area contributed by atoms with E-state index in [2.05, 4.69) is 12.2 Å². The van der Waals surface area contributed by atoms with Crippen LogP contribution in [-0.2, 0) is 9.84 Å². The molecule has 0 aromatic heterocycles. The van der Waals surface area contributed by atoms with Crippen molar-refractivity contribution in [1.82, 2.24) is 5.32 Å². The van der Waals surface area contributed by atoms with Crippen LogP contribution >= 0.6 is 0 Å². The highest BCUT2D eigenvalue weighted by Gasteiger charge is 2.32. The second kappa shape index (κ2) is 7.07. The summed E-state index contributed by atoms with van der Waals surface area (Å²) in [7, 11) is -2.95. The van der Waals surface area contributed by atoms with Crippen LogP contribution in [0.15, 0.2) is 0 Å². The fourth-order valence-electron chi connectivity index (χ4n) is 2.84. The second-order valence-corrected chi connectivity index (χ2v) is 9.74. The summed E-state index contributed by atoms with van der Waals surface area (Å²) in [5.41, 5.74) is 0. The van der Waals surface area contributed by atoms with E-state index in [9.17, 15) is 8.42 Å². The van der Waals surface area contributed by atoms with Gasteiger partial charge >= 0.3 is 0 Å². The summed E-state index contributed by atoms with van der Waals surface area (Å²) in [5.74, 6) is 1.63. The Morgan fingerprint density at radius 1 is 1.16 bits per heavy atom. The van der Waals surface area contributed by atoms with E-state index in [1.807, 2.05) is 0 Å². The monoisotopic (exact) mass is 289 g/mol. The first-order valence-corrected chi connectivity index (χ1v) is 9.36. The van der Waals surface area contributed by atoms with Gasteiger partial charge in [-0.1, -0.05) is 19.8 Å². The zero-order chi connectivity index (χ0) is 14.5. The molecule has 19 heavy (non-hydrogen) atoms. The third-order valence-corrected chi connectivity index (χ3v) is 6.98. The molecule has 114 valence electrons. The molecule has 0 aliphatic heterocycles. The molecular weight excluding hydrogens is 258 g/mol. The summed E-state index contributed by atoms with van der Waals surface area (Å²) in [5, 5.41) is 3.48. The fraction of sp³-hybridized carbons (Fsp3) is 1.00. The molecule has 2 atom stereocenters. The highest BCUT2D eigenvalue weighted by molar-refractivity contribution is 7.92. The number of hydrogen-bond acceptors (Lipinski definition) is 3. The highest BCUT2D eigenvalue weighted by Crippen LogP contribution is 2.34. The van der Waals surface area contributed by atoms with Gasteiger partial charge in [-0.2, -0.15) is 0 Å². The maximum atomic E-state index is 12.2. The molecule has 1 N–H and O–H groups in total. The number of nitrogens with one attached hydrogen (secondary N) is 1. The smallest absolute Gasteiger partial charge is 0.155 e. The first-order chi connectivity index (χ1) is 8.78. The Labute approximate surface area is 119 Å². The Kier molecular flexibility index (Phi) is 6.31. The lowest BCUT2D eigenvalue weighted by atomic mass is 9.93. The molecule has 0 amide bonds. The summed E-state index contributed by atoms with van der Waals surface area (Å²) < 4.78 is 23.7. The van der Waals surface area contributed by atoms with Crippen molar-refractivity contribution in [1.29, 1.82) is 0 Å². The van der Waals surface area contributed by atoms with E-state index < -0.39 is 14.6 Å². The van der Waals surface area contributed by atoms with E-state index in [-0.39, 0.29) is 0 Å². The Morgan fingerprint density at radius 3 is 2.37 bits per heavy atom. The van der Waals surface area contributed by atoms with Gasteiger partial charge in [0.1, 0.15) is 0 Å². The SMILES string of the molecule is CCCNCC1CCCC1CCS(=O)(=O)C(C)(C)C. The molecule has 2 unspecified atom stereocenters. The molecule has 0 bridgehead atoms. The van der Waals surface area contributed by atoms with Gasteiger partial charge in [0.2, 0.25) is 0 Å². The van der Waals surface area contributed by atoms with Crippen LogP contribution in [0.25, 0.3) is 0 Å². The van der Waals surface area contributed by atoms with Gasteiger partial charge in [-0.05, 0) is 65.0 Å². The molecule has 1 aliphatic carbocycles. The number of hydrogen-bond donors (Lipinski definition) is 1. The predicted molar refractivity (Wildman–Crippen MR) is 82.1 cm³/mol. The molecule has 0 aromatic rings. The molecule has 1 rings (SSSR count). The summed E-state index contributed by atoms with van der Waals surface area (Å²) >= 11 is 0. The van der Waals surface area contributed by atoms with Gasteiger partial charge < -0.3 is 5.32 Å². The Bertz CT molecular complexity index is 357. The average molecular weight is 289 g/mol. The van der Waals surface area contributed by atoms with Crippen LogP contribution < -0.4 is 5.32 Å². The molecule has 0 heterocycles. The molecule has 1 aliphatic rings. The zero-order valence-corrected chi connectivity index (χ0v) is 13.9. The summed E-state index contributed by atoms with van der Waals surface area (Å²) in [6.07, 6.45) is 5.74. The summed E-state index contributed by atoms with van der Waals surface area (Å²) in [4.78, 5) is 0. The van der Waals surface area contributed by atoms with Crippen LogP contribution in [-0.4, -0.2) is 32.0 Å². The van der Waals surface area contributed by atoms with Gasteiger partial charge in [0, 0.05) is 0 Å². The summed E-state index contributed by atoms with van der Waals surface area (Å²) in [6.45, 7) is 9.72. The normalized spacial score (nSPS) is 24.8. The second-order valence-electron chi connectivity index (χ2n) is 6.88. The molecule has 3 nitrogen and oxygen atoms in total. The molecule has 4 heteroatoms. The maximum absolute atomic E-state index is 12.2. The zero-order valence-electron chi connectivity index (χ0n) is 13.0. The fourth-order valence-corrected chi connectivity index (χ4v) is 4.06. The van der Waals surface area contributed by atoms with E-state index in [1.165, 1.54) is 19.3 Å². The van der Waals surface area contributed by atoms with Gasteiger partial charge in [-0.25, -0.2) is 8.42 Å². The quantitative estimate of drug-likeness (QED) is 0.733. The number of rotatable bonds is 7. The third-order valence-electron chi connectivity index (χ3n) is 4.34. The van der Waals surface area contributed by atoms with Crippen molar-refractivity contribution in [2.24, 2.45) is 11.8 Å². The molecule has 0 saturated heterocycles. The topological polar surface area (TPSA) is 46.2 Å². The minimum atomic E-state index is -2.95. The minimum Gasteiger partial charge on any atom is -0.316 e. The van der Waals surface area contributed by atoms with Crippen molar-refractivity contribution >= 4 is 9.84 Å². The van der Waals surface area contributed by atoms with Crippen molar-refractivity contribution < 1.29 is 8.42 Å². The standard InChI is InChI=1S/C15H31NO2S/c1-5-10-16-12-14-8-6-7-13(14)9-11-19(17,18)15(2,3)4/h13-14,16H,5-12H2,1-4H3. The predicted octanol–water partition coefficient (Wildman–Crippen LogP) is 3.01. The van der Waals surface area contributed by atoms with Crippen LogP contribution in [0.2, 0.25) is 0 Å². The van der Waals surface area contributed by atoms with Crippen molar-refractivity contribution in [3.63, 3.8) is 0 Å². The van der Waals surface area contributed by atoms with Crippen molar-refractivity contribution in [2.75, 3.05) is 18.8 Å². The van der Waals surface area contributed by atoms with Gasteiger partial charge in [0.15, 0.2) is 9.84 Å². The van der Waals surface area contributed by atoms with Gasteiger partial charge in [-0.3, -0.25) is 0 Å². The van der Waals surface area contributed by atoms with Gasteiger partial charge in [0.25, 0.3) is 0 Å². The molecule has 0 aromatic carbocycles. The third kappa shape index (κ3) is 5.07. The molecule has 1 fully saturated rings. The Balaban J connectivity index is 2.43. The van der Waals surface area contributed by atoms with E-state index in [1.54, 1.807) is 20.8 Å². The Hall–Kier alpha value is -0.0900. The number of sulfone groups is 1. The largest absolute Gasteiger partial charge is 0.316 e. The van der Waals surface area contributed by atoms with Crippen LogP contribution in [0, 0.1) is 11.8 Å².